The smallest absolute Gasteiger partial charge is 0.286 e. The number of halogens is 2. The first-order valence-corrected chi connectivity index (χ1v) is 13.0. The van der Waals surface area contributed by atoms with E-state index in [4.69, 9.17) is 28.5 Å². The Morgan fingerprint density at radius 1 is 1.08 bits per heavy atom. The first-order valence-electron chi connectivity index (χ1n) is 12.2. The largest absolute Gasteiger partial charge is 0.392 e. The van der Waals surface area contributed by atoms with E-state index in [9.17, 15) is 9.90 Å². The molecular formula is C28H27Cl2N5O2. The minimum absolute atomic E-state index is 0.135. The van der Waals surface area contributed by atoms with Crippen molar-refractivity contribution >= 4 is 29.1 Å². The topological polar surface area (TPSA) is 94.2 Å². The molecule has 3 aromatic rings. The van der Waals surface area contributed by atoms with Gasteiger partial charge in [-0.2, -0.15) is 10.4 Å². The molecule has 0 bridgehead atoms. The summed E-state index contributed by atoms with van der Waals surface area (Å²) in [5.41, 5.74) is 6.14. The highest BCUT2D eigenvalue weighted by atomic mass is 35.5. The molecule has 2 aromatic carbocycles. The maximum atomic E-state index is 13.3. The third kappa shape index (κ3) is 6.52. The lowest BCUT2D eigenvalue weighted by Gasteiger charge is -2.26. The molecule has 190 valence electrons. The fourth-order valence-corrected chi connectivity index (χ4v) is 4.73. The molecule has 1 aromatic heterocycles. The van der Waals surface area contributed by atoms with Gasteiger partial charge in [-0.3, -0.25) is 10.2 Å². The molecule has 7 nitrogen and oxygen atoms in total. The summed E-state index contributed by atoms with van der Waals surface area (Å²) >= 11 is 12.6. The molecule has 1 aliphatic rings. The Hall–Kier alpha value is -3.33. The molecule has 0 saturated carbocycles. The van der Waals surface area contributed by atoms with E-state index in [1.54, 1.807) is 22.9 Å². The number of unbranched alkanes of at least 4 members (excludes halogenated alkanes) is 2. The molecule has 0 radical (unpaired) electrons. The van der Waals surface area contributed by atoms with Gasteiger partial charge < -0.3 is 5.11 Å². The van der Waals surface area contributed by atoms with Gasteiger partial charge in [0.15, 0.2) is 5.69 Å². The van der Waals surface area contributed by atoms with Crippen LogP contribution in [0.5, 0.6) is 0 Å². The van der Waals surface area contributed by atoms with Gasteiger partial charge in [-0.05, 0) is 49.6 Å². The monoisotopic (exact) mass is 535 g/mol. The average Bonchev–Trinajstić information content (AvgIpc) is 3.29. The van der Waals surface area contributed by atoms with Crippen LogP contribution in [0.1, 0.15) is 60.1 Å². The number of hydrazine groups is 1. The van der Waals surface area contributed by atoms with E-state index >= 15 is 0 Å². The lowest BCUT2D eigenvalue weighted by atomic mass is 10.0. The predicted molar refractivity (Wildman–Crippen MR) is 144 cm³/mol. The minimum atomic E-state index is -0.385. The van der Waals surface area contributed by atoms with E-state index in [1.165, 1.54) is 0 Å². The maximum absolute atomic E-state index is 13.3. The van der Waals surface area contributed by atoms with E-state index in [0.29, 0.717) is 39.8 Å². The summed E-state index contributed by atoms with van der Waals surface area (Å²) in [6.45, 7) is 1.16. The number of nitrogens with zero attached hydrogens (tertiary/aromatic N) is 4. The number of amides is 1. The lowest BCUT2D eigenvalue weighted by molar-refractivity contribution is 0.0741. The van der Waals surface area contributed by atoms with E-state index in [-0.39, 0.29) is 18.2 Å². The molecule has 1 saturated heterocycles. The summed E-state index contributed by atoms with van der Waals surface area (Å²) in [4.78, 5) is 13.3. The second kappa shape index (κ2) is 12.8. The van der Waals surface area contributed by atoms with Gasteiger partial charge in [-0.15, -0.1) is 0 Å². The van der Waals surface area contributed by atoms with Gasteiger partial charge in [0.2, 0.25) is 0 Å². The fourth-order valence-electron chi connectivity index (χ4n) is 4.24. The maximum Gasteiger partial charge on any atom is 0.286 e. The third-order valence-corrected chi connectivity index (χ3v) is 6.63. The Bertz CT molecular complexity index is 1360. The second-order valence-electron chi connectivity index (χ2n) is 8.72. The minimum Gasteiger partial charge on any atom is -0.392 e. The molecule has 0 atom stereocenters. The zero-order valence-corrected chi connectivity index (χ0v) is 21.8. The molecule has 0 aliphatic carbocycles. The van der Waals surface area contributed by atoms with Crippen molar-refractivity contribution in [3.05, 3.63) is 69.3 Å². The van der Waals surface area contributed by atoms with Crippen LogP contribution in [0.25, 0.3) is 16.9 Å². The number of aromatic nitrogens is 2. The van der Waals surface area contributed by atoms with Crippen LogP contribution in [0.4, 0.5) is 0 Å². The molecule has 9 heteroatoms. The normalized spacial score (nSPS) is 13.5. The number of aliphatic hydroxyl groups is 1. The first kappa shape index (κ1) is 26.7. The number of piperidine rings is 1. The van der Waals surface area contributed by atoms with E-state index in [1.807, 2.05) is 29.3 Å². The summed E-state index contributed by atoms with van der Waals surface area (Å²) in [5, 5.41) is 26.4. The van der Waals surface area contributed by atoms with Crippen molar-refractivity contribution in [2.24, 2.45) is 0 Å². The Morgan fingerprint density at radius 3 is 2.51 bits per heavy atom. The number of carbonyl (C=O) groups is 1. The number of hydrogen-bond acceptors (Lipinski definition) is 5. The SMILES string of the molecule is N#CCCCC#Cc1ccc(-c2c(CO)c(C(=O)NN3CCCCC3)nn2-c2ccc(Cl)cc2Cl)cc1. The van der Waals surface area contributed by atoms with Crippen molar-refractivity contribution in [2.75, 3.05) is 13.1 Å². The van der Waals surface area contributed by atoms with Crippen LogP contribution in [0.2, 0.25) is 10.0 Å². The number of hydrogen-bond donors (Lipinski definition) is 2. The van der Waals surface area contributed by atoms with Gasteiger partial charge in [0.25, 0.3) is 5.91 Å². The zero-order valence-electron chi connectivity index (χ0n) is 20.3. The van der Waals surface area contributed by atoms with E-state index < -0.39 is 0 Å². The average molecular weight is 536 g/mol. The third-order valence-electron chi connectivity index (χ3n) is 6.09. The highest BCUT2D eigenvalue weighted by Crippen LogP contribution is 2.33. The fraction of sp³-hybridized carbons (Fsp3) is 0.321. The second-order valence-corrected chi connectivity index (χ2v) is 9.56. The molecule has 1 aliphatic heterocycles. The van der Waals surface area contributed by atoms with Crippen molar-refractivity contribution < 1.29 is 9.90 Å². The summed E-state index contributed by atoms with van der Waals surface area (Å²) in [5.74, 6) is 5.81. The summed E-state index contributed by atoms with van der Waals surface area (Å²) in [7, 11) is 0. The lowest BCUT2D eigenvalue weighted by Crippen LogP contribution is -2.45. The number of nitriles is 1. The molecule has 1 fully saturated rings. The van der Waals surface area contributed by atoms with Gasteiger partial charge in [-0.25, -0.2) is 9.69 Å². The van der Waals surface area contributed by atoms with Gasteiger partial charge in [0.1, 0.15) is 0 Å². The van der Waals surface area contributed by atoms with Crippen LogP contribution >= 0.6 is 23.2 Å². The molecule has 2 N–H and O–H groups in total. The zero-order chi connectivity index (χ0) is 26.2. The van der Waals surface area contributed by atoms with Crippen molar-refractivity contribution in [1.29, 1.82) is 5.26 Å². The Labute approximate surface area is 226 Å². The molecular weight excluding hydrogens is 509 g/mol. The van der Waals surface area contributed by atoms with E-state index in [2.05, 4.69) is 28.4 Å². The molecule has 0 unspecified atom stereocenters. The van der Waals surface area contributed by atoms with Crippen LogP contribution in [-0.4, -0.2) is 38.9 Å². The number of aliphatic hydroxyl groups excluding tert-OH is 1. The van der Waals surface area contributed by atoms with Gasteiger partial charge in [0, 0.05) is 47.6 Å². The Balaban J connectivity index is 1.74. The number of nitrogens with one attached hydrogen (secondary N) is 1. The summed E-state index contributed by atoms with van der Waals surface area (Å²) in [6, 6.07) is 14.7. The quantitative estimate of drug-likeness (QED) is 0.307. The molecule has 0 spiro atoms. The first-order chi connectivity index (χ1) is 18.0. The van der Waals surface area contributed by atoms with Crippen LogP contribution in [0, 0.1) is 23.2 Å². The van der Waals surface area contributed by atoms with Gasteiger partial charge in [0.05, 0.1) is 29.1 Å². The summed E-state index contributed by atoms with van der Waals surface area (Å²) in [6.07, 6.45) is 5.05. The van der Waals surface area contributed by atoms with Crippen molar-refractivity contribution in [3.8, 4) is 34.9 Å². The van der Waals surface area contributed by atoms with Crippen molar-refractivity contribution in [2.45, 2.75) is 45.1 Å². The molecule has 1 amide bonds. The number of benzene rings is 2. The highest BCUT2D eigenvalue weighted by Gasteiger charge is 2.26. The van der Waals surface area contributed by atoms with Crippen LogP contribution in [0.15, 0.2) is 42.5 Å². The number of carbonyl (C=O) groups excluding carboxylic acids is 1. The van der Waals surface area contributed by atoms with Crippen molar-refractivity contribution in [1.82, 2.24) is 20.2 Å². The van der Waals surface area contributed by atoms with Crippen LogP contribution < -0.4 is 5.43 Å². The van der Waals surface area contributed by atoms with Gasteiger partial charge >= 0.3 is 0 Å². The highest BCUT2D eigenvalue weighted by molar-refractivity contribution is 6.35. The molecule has 37 heavy (non-hydrogen) atoms. The standard InChI is InChI=1S/C28H27Cl2N5O2/c29-22-13-14-25(24(30)18-22)35-27(21-11-9-20(10-12-21)8-4-1-2-5-15-31)23(19-36)26(32-35)28(37)33-34-16-6-3-7-17-34/h9-14,18,36H,1-3,5-7,16-17,19H2,(H,33,37). The Morgan fingerprint density at radius 2 is 1.84 bits per heavy atom. The van der Waals surface area contributed by atoms with Crippen molar-refractivity contribution in [3.63, 3.8) is 0 Å². The molecule has 2 heterocycles. The summed E-state index contributed by atoms with van der Waals surface area (Å²) < 4.78 is 1.58. The molecule has 4 rings (SSSR count). The number of rotatable bonds is 7. The van der Waals surface area contributed by atoms with Crippen LogP contribution in [0.3, 0.4) is 0 Å². The van der Waals surface area contributed by atoms with Gasteiger partial charge in [-0.1, -0.05) is 53.6 Å². The van der Waals surface area contributed by atoms with Crippen LogP contribution in [-0.2, 0) is 6.61 Å². The predicted octanol–water partition coefficient (Wildman–Crippen LogP) is 5.51. The van der Waals surface area contributed by atoms with E-state index in [0.717, 1.165) is 49.9 Å². The Kier molecular flexibility index (Phi) is 9.22.